The standard InChI is InChI=1S/C15H22N2O5/c1-9(15(20)21-5)8-17(4)13(18)7-16-14(19)12-6-10(2)22-11(12)3/h6,9H,7-8H2,1-5H3,(H,16,19). The monoisotopic (exact) mass is 310 g/mol. The maximum atomic E-state index is 12.0. The van der Waals surface area contributed by atoms with Gasteiger partial charge >= 0.3 is 5.97 Å². The van der Waals surface area contributed by atoms with Crippen LogP contribution < -0.4 is 5.32 Å². The van der Waals surface area contributed by atoms with Crippen LogP contribution in [0.15, 0.2) is 10.5 Å². The third-order valence-corrected chi connectivity index (χ3v) is 3.26. The number of esters is 1. The molecule has 22 heavy (non-hydrogen) atoms. The largest absolute Gasteiger partial charge is 0.469 e. The van der Waals surface area contributed by atoms with Crippen molar-refractivity contribution in [1.29, 1.82) is 0 Å². The second-order valence-electron chi connectivity index (χ2n) is 5.21. The summed E-state index contributed by atoms with van der Waals surface area (Å²) in [6, 6.07) is 1.62. The molecule has 2 amide bonds. The van der Waals surface area contributed by atoms with Gasteiger partial charge < -0.3 is 19.4 Å². The summed E-state index contributed by atoms with van der Waals surface area (Å²) >= 11 is 0. The number of amides is 2. The van der Waals surface area contributed by atoms with Gasteiger partial charge in [-0.25, -0.2) is 0 Å². The summed E-state index contributed by atoms with van der Waals surface area (Å²) in [4.78, 5) is 36.6. The number of methoxy groups -OCH3 is 1. The normalized spacial score (nSPS) is 11.7. The lowest BCUT2D eigenvalue weighted by Crippen LogP contribution is -2.41. The quantitative estimate of drug-likeness (QED) is 0.788. The van der Waals surface area contributed by atoms with Crippen LogP contribution in [0, 0.1) is 19.8 Å². The zero-order chi connectivity index (χ0) is 16.9. The van der Waals surface area contributed by atoms with Crippen molar-refractivity contribution in [3.63, 3.8) is 0 Å². The van der Waals surface area contributed by atoms with Gasteiger partial charge in [-0.1, -0.05) is 6.92 Å². The van der Waals surface area contributed by atoms with Gasteiger partial charge in [-0.3, -0.25) is 14.4 Å². The second kappa shape index (κ2) is 7.63. The molecule has 7 heteroatoms. The van der Waals surface area contributed by atoms with Crippen LogP contribution in [0.5, 0.6) is 0 Å². The fourth-order valence-electron chi connectivity index (χ4n) is 2.03. The first kappa shape index (κ1) is 17.7. The molecule has 0 aromatic carbocycles. The van der Waals surface area contributed by atoms with Gasteiger partial charge in [0.1, 0.15) is 11.5 Å². The number of nitrogens with one attached hydrogen (secondary N) is 1. The molecule has 0 aliphatic carbocycles. The van der Waals surface area contributed by atoms with E-state index < -0.39 is 5.92 Å². The Balaban J connectivity index is 2.50. The van der Waals surface area contributed by atoms with Crippen molar-refractivity contribution in [2.24, 2.45) is 5.92 Å². The van der Waals surface area contributed by atoms with Gasteiger partial charge in [0.05, 0.1) is 25.1 Å². The fourth-order valence-corrected chi connectivity index (χ4v) is 2.03. The molecule has 1 N–H and O–H groups in total. The molecule has 1 aromatic rings. The third-order valence-electron chi connectivity index (χ3n) is 3.26. The Kier molecular flexibility index (Phi) is 6.15. The van der Waals surface area contributed by atoms with E-state index in [1.54, 1.807) is 33.9 Å². The first-order valence-corrected chi connectivity index (χ1v) is 6.93. The SMILES string of the molecule is COC(=O)C(C)CN(C)C(=O)CNC(=O)c1cc(C)oc1C. The lowest BCUT2D eigenvalue weighted by molar-refractivity contribution is -0.146. The van der Waals surface area contributed by atoms with Gasteiger partial charge in [-0.05, 0) is 19.9 Å². The summed E-state index contributed by atoms with van der Waals surface area (Å²) < 4.78 is 9.88. The molecule has 1 unspecified atom stereocenters. The van der Waals surface area contributed by atoms with Crippen molar-refractivity contribution < 1.29 is 23.5 Å². The molecule has 0 fully saturated rings. The molecule has 0 bridgehead atoms. The first-order valence-electron chi connectivity index (χ1n) is 6.93. The molecule has 1 atom stereocenters. The van der Waals surface area contributed by atoms with Crippen molar-refractivity contribution in [3.8, 4) is 0 Å². The van der Waals surface area contributed by atoms with Gasteiger partial charge in [-0.15, -0.1) is 0 Å². The number of hydrogen-bond donors (Lipinski definition) is 1. The van der Waals surface area contributed by atoms with Crippen LogP contribution in [0.2, 0.25) is 0 Å². The van der Waals surface area contributed by atoms with Gasteiger partial charge in [0.25, 0.3) is 5.91 Å². The Morgan fingerprint density at radius 2 is 2.00 bits per heavy atom. The highest BCUT2D eigenvalue weighted by atomic mass is 16.5. The van der Waals surface area contributed by atoms with Crippen LogP contribution in [0.3, 0.4) is 0 Å². The molecule has 1 rings (SSSR count). The molecule has 0 spiro atoms. The fraction of sp³-hybridized carbons (Fsp3) is 0.533. The number of likely N-dealkylation sites (N-methyl/N-ethyl adjacent to an activating group) is 1. The maximum Gasteiger partial charge on any atom is 0.310 e. The van der Waals surface area contributed by atoms with Crippen molar-refractivity contribution in [1.82, 2.24) is 10.2 Å². The molecule has 122 valence electrons. The zero-order valence-electron chi connectivity index (χ0n) is 13.6. The smallest absolute Gasteiger partial charge is 0.310 e. The number of aryl methyl sites for hydroxylation is 2. The predicted molar refractivity (Wildman–Crippen MR) is 79.3 cm³/mol. The molecular weight excluding hydrogens is 288 g/mol. The van der Waals surface area contributed by atoms with Crippen LogP contribution in [0.4, 0.5) is 0 Å². The minimum Gasteiger partial charge on any atom is -0.469 e. The highest BCUT2D eigenvalue weighted by molar-refractivity contribution is 5.97. The number of hydrogen-bond acceptors (Lipinski definition) is 5. The number of rotatable bonds is 6. The average molecular weight is 310 g/mol. The average Bonchev–Trinajstić information content (AvgIpc) is 2.81. The highest BCUT2D eigenvalue weighted by Crippen LogP contribution is 2.13. The van der Waals surface area contributed by atoms with Gasteiger partial charge in [-0.2, -0.15) is 0 Å². The van der Waals surface area contributed by atoms with E-state index in [2.05, 4.69) is 10.1 Å². The molecule has 1 aromatic heterocycles. The van der Waals surface area contributed by atoms with Crippen molar-refractivity contribution in [2.75, 3.05) is 27.2 Å². The molecule has 0 saturated heterocycles. The van der Waals surface area contributed by atoms with Crippen LogP contribution in [0.25, 0.3) is 0 Å². The van der Waals surface area contributed by atoms with Gasteiger partial charge in [0.2, 0.25) is 5.91 Å². The molecule has 1 heterocycles. The van der Waals surface area contributed by atoms with Crippen LogP contribution in [-0.2, 0) is 14.3 Å². The number of furan rings is 1. The highest BCUT2D eigenvalue weighted by Gasteiger charge is 2.20. The first-order chi connectivity index (χ1) is 10.3. The third kappa shape index (κ3) is 4.61. The Labute approximate surface area is 129 Å². The molecule has 0 aliphatic heterocycles. The number of ether oxygens (including phenoxy) is 1. The van der Waals surface area contributed by atoms with Crippen LogP contribution >= 0.6 is 0 Å². The lowest BCUT2D eigenvalue weighted by atomic mass is 10.2. The minimum absolute atomic E-state index is 0.146. The van der Waals surface area contributed by atoms with E-state index in [0.29, 0.717) is 17.1 Å². The minimum atomic E-state index is -0.423. The number of nitrogens with zero attached hydrogens (tertiary/aromatic N) is 1. The van der Waals surface area contributed by atoms with E-state index in [4.69, 9.17) is 4.42 Å². The summed E-state index contributed by atoms with van der Waals surface area (Å²) in [7, 11) is 2.87. The summed E-state index contributed by atoms with van der Waals surface area (Å²) in [5, 5.41) is 2.54. The zero-order valence-corrected chi connectivity index (χ0v) is 13.6. The van der Waals surface area contributed by atoms with Crippen LogP contribution in [0.1, 0.15) is 28.8 Å². The molecule has 0 radical (unpaired) electrons. The molecule has 0 aliphatic rings. The predicted octanol–water partition coefficient (Wildman–Crippen LogP) is 0.894. The Morgan fingerprint density at radius 1 is 1.36 bits per heavy atom. The topological polar surface area (TPSA) is 88.9 Å². The maximum absolute atomic E-state index is 12.0. The van der Waals surface area contributed by atoms with E-state index in [0.717, 1.165) is 0 Å². The van der Waals surface area contributed by atoms with E-state index in [1.807, 2.05) is 0 Å². The van der Waals surface area contributed by atoms with Crippen molar-refractivity contribution >= 4 is 17.8 Å². The van der Waals surface area contributed by atoms with E-state index in [9.17, 15) is 14.4 Å². The Bertz CT molecular complexity index is 564. The number of carbonyl (C=O) groups excluding carboxylic acids is 3. The van der Waals surface area contributed by atoms with Gasteiger partial charge in [0.15, 0.2) is 0 Å². The summed E-state index contributed by atoms with van der Waals surface area (Å²) in [5.74, 6) is -0.311. The second-order valence-corrected chi connectivity index (χ2v) is 5.21. The molecule has 7 nitrogen and oxygen atoms in total. The lowest BCUT2D eigenvalue weighted by Gasteiger charge is -2.20. The molecule has 0 saturated carbocycles. The summed E-state index contributed by atoms with van der Waals surface area (Å²) in [6.07, 6.45) is 0. The van der Waals surface area contributed by atoms with E-state index >= 15 is 0 Å². The van der Waals surface area contributed by atoms with Crippen LogP contribution in [-0.4, -0.2) is 49.9 Å². The van der Waals surface area contributed by atoms with E-state index in [-0.39, 0.29) is 30.9 Å². The van der Waals surface area contributed by atoms with E-state index in [1.165, 1.54) is 12.0 Å². The van der Waals surface area contributed by atoms with Crippen molar-refractivity contribution in [2.45, 2.75) is 20.8 Å². The number of carbonyl (C=O) groups is 3. The Morgan fingerprint density at radius 3 is 2.50 bits per heavy atom. The molecular formula is C15H22N2O5. The van der Waals surface area contributed by atoms with Crippen molar-refractivity contribution in [3.05, 3.63) is 23.2 Å². The Hall–Kier alpha value is -2.31. The summed E-state index contributed by atoms with van der Waals surface area (Å²) in [5.41, 5.74) is 0.413. The summed E-state index contributed by atoms with van der Waals surface area (Å²) in [6.45, 7) is 5.19. The van der Waals surface area contributed by atoms with Gasteiger partial charge in [0, 0.05) is 13.6 Å².